The maximum Gasteiger partial charge on any atom is 0.255 e. The van der Waals surface area contributed by atoms with Crippen LogP contribution >= 0.6 is 11.8 Å². The Hall–Kier alpha value is -3.26. The highest BCUT2D eigenvalue weighted by molar-refractivity contribution is 7.98. The number of carbonyl (C=O) groups is 1. The van der Waals surface area contributed by atoms with Crippen molar-refractivity contribution in [3.63, 3.8) is 0 Å². The molecule has 1 amide bonds. The first-order valence-electron chi connectivity index (χ1n) is 9.28. The summed E-state index contributed by atoms with van der Waals surface area (Å²) in [6.07, 6.45) is -0.0772. The Bertz CT molecular complexity index is 1080. The van der Waals surface area contributed by atoms with Gasteiger partial charge in [-0.25, -0.2) is 4.98 Å². The van der Waals surface area contributed by atoms with Gasteiger partial charge < -0.3 is 19.8 Å². The van der Waals surface area contributed by atoms with Crippen LogP contribution in [0, 0.1) is 6.92 Å². The number of carbonyl (C=O) groups excluding carboxylic acids is 1. The number of benzene rings is 2. The fourth-order valence-corrected chi connectivity index (χ4v) is 3.73. The molecule has 0 unspecified atom stereocenters. The van der Waals surface area contributed by atoms with Crippen LogP contribution in [-0.2, 0) is 17.0 Å². The summed E-state index contributed by atoms with van der Waals surface area (Å²) in [5.41, 5.74) is 2.27. The van der Waals surface area contributed by atoms with Crippen LogP contribution in [0.4, 0.5) is 5.69 Å². The molecule has 0 aliphatic rings. The van der Waals surface area contributed by atoms with Crippen LogP contribution in [0.5, 0.6) is 11.5 Å². The summed E-state index contributed by atoms with van der Waals surface area (Å²) in [6.45, 7) is 1.74. The summed E-state index contributed by atoms with van der Waals surface area (Å²) in [7, 11) is 3.06. The van der Waals surface area contributed by atoms with Crippen LogP contribution in [0.15, 0.2) is 58.5 Å². The van der Waals surface area contributed by atoms with E-state index in [9.17, 15) is 9.59 Å². The highest BCUT2D eigenvalue weighted by Crippen LogP contribution is 2.29. The fourth-order valence-electron chi connectivity index (χ4n) is 2.87. The van der Waals surface area contributed by atoms with E-state index in [0.29, 0.717) is 39.4 Å². The summed E-state index contributed by atoms with van der Waals surface area (Å²) in [5.74, 6) is 1.45. The van der Waals surface area contributed by atoms with E-state index in [2.05, 4.69) is 15.3 Å². The van der Waals surface area contributed by atoms with Gasteiger partial charge in [-0.2, -0.15) is 0 Å². The third kappa shape index (κ3) is 5.42. The number of nitrogens with zero attached hydrogens (tertiary/aromatic N) is 1. The molecule has 0 spiro atoms. The van der Waals surface area contributed by atoms with Gasteiger partial charge in [-0.3, -0.25) is 9.59 Å². The standard InChI is InChI=1S/C22H23N3O4S/c1-14-17(12-20(26)24-16-9-10-18(28-2)19(11-16)29-3)21(27)25-22(23-14)30-13-15-7-5-4-6-8-15/h4-11H,12-13H2,1-3H3,(H,24,26)(H,23,25,27). The van der Waals surface area contributed by atoms with Gasteiger partial charge in [0.15, 0.2) is 16.7 Å². The SMILES string of the molecule is COc1ccc(NC(=O)Cc2c(C)nc(SCc3ccccc3)[nH]c2=O)cc1OC. The van der Waals surface area contributed by atoms with E-state index in [1.165, 1.54) is 18.9 Å². The van der Waals surface area contributed by atoms with Gasteiger partial charge in [0, 0.05) is 28.8 Å². The van der Waals surface area contributed by atoms with Crippen LogP contribution in [0.25, 0.3) is 0 Å². The second-order valence-electron chi connectivity index (χ2n) is 6.50. The second-order valence-corrected chi connectivity index (χ2v) is 7.47. The summed E-state index contributed by atoms with van der Waals surface area (Å²) in [5, 5.41) is 3.30. The molecule has 156 valence electrons. The van der Waals surface area contributed by atoms with Gasteiger partial charge in [0.05, 0.1) is 20.6 Å². The van der Waals surface area contributed by atoms with E-state index in [1.807, 2.05) is 30.3 Å². The van der Waals surface area contributed by atoms with Gasteiger partial charge in [0.1, 0.15) is 0 Å². The molecule has 3 aromatic rings. The van der Waals surface area contributed by atoms with Crippen molar-refractivity contribution in [2.24, 2.45) is 0 Å². The lowest BCUT2D eigenvalue weighted by molar-refractivity contribution is -0.115. The predicted octanol–water partition coefficient (Wildman–Crippen LogP) is 3.57. The van der Waals surface area contributed by atoms with Crippen molar-refractivity contribution in [3.05, 3.63) is 75.7 Å². The molecule has 1 aromatic heterocycles. The van der Waals surface area contributed by atoms with E-state index in [0.717, 1.165) is 5.56 Å². The topological polar surface area (TPSA) is 93.3 Å². The third-order valence-corrected chi connectivity index (χ3v) is 5.37. The van der Waals surface area contributed by atoms with E-state index < -0.39 is 0 Å². The highest BCUT2D eigenvalue weighted by atomic mass is 32.2. The molecule has 30 heavy (non-hydrogen) atoms. The van der Waals surface area contributed by atoms with E-state index in [4.69, 9.17) is 9.47 Å². The maximum absolute atomic E-state index is 12.5. The summed E-state index contributed by atoms with van der Waals surface area (Å²) >= 11 is 1.45. The number of amides is 1. The van der Waals surface area contributed by atoms with E-state index >= 15 is 0 Å². The van der Waals surface area contributed by atoms with Crippen molar-refractivity contribution in [3.8, 4) is 11.5 Å². The summed E-state index contributed by atoms with van der Waals surface area (Å²) < 4.78 is 10.4. The molecule has 0 aliphatic carbocycles. The smallest absolute Gasteiger partial charge is 0.255 e. The van der Waals surface area contributed by atoms with Gasteiger partial charge in [0.25, 0.3) is 5.56 Å². The molecule has 0 saturated carbocycles. The minimum atomic E-state index is -0.317. The quantitative estimate of drug-likeness (QED) is 0.423. The first-order valence-corrected chi connectivity index (χ1v) is 10.3. The van der Waals surface area contributed by atoms with Gasteiger partial charge in [0.2, 0.25) is 5.91 Å². The zero-order valence-corrected chi connectivity index (χ0v) is 17.8. The molecule has 0 fully saturated rings. The van der Waals surface area contributed by atoms with Gasteiger partial charge >= 0.3 is 0 Å². The molecule has 0 saturated heterocycles. The number of anilines is 1. The first kappa shape index (κ1) is 21.4. The van der Waals surface area contributed by atoms with E-state index in [-0.39, 0.29) is 17.9 Å². The molecule has 8 heteroatoms. The minimum absolute atomic E-state index is 0.0772. The highest BCUT2D eigenvalue weighted by Gasteiger charge is 2.14. The largest absolute Gasteiger partial charge is 0.493 e. The third-order valence-electron chi connectivity index (χ3n) is 4.42. The minimum Gasteiger partial charge on any atom is -0.493 e. The van der Waals surface area contributed by atoms with Gasteiger partial charge in [-0.05, 0) is 24.6 Å². The number of H-pyrrole nitrogens is 1. The monoisotopic (exact) mass is 425 g/mol. The molecular formula is C22H23N3O4S. The Labute approximate surface area is 178 Å². The van der Waals surface area contributed by atoms with Crippen molar-refractivity contribution in [1.29, 1.82) is 0 Å². The number of aryl methyl sites for hydroxylation is 1. The van der Waals surface area contributed by atoms with Crippen molar-refractivity contribution >= 4 is 23.4 Å². The van der Waals surface area contributed by atoms with Gasteiger partial charge in [-0.1, -0.05) is 42.1 Å². The Morgan fingerprint density at radius 3 is 2.50 bits per heavy atom. The molecule has 0 aliphatic heterocycles. The number of nitrogens with one attached hydrogen (secondary N) is 2. The number of aromatic nitrogens is 2. The van der Waals surface area contributed by atoms with Crippen molar-refractivity contribution in [2.75, 3.05) is 19.5 Å². The zero-order chi connectivity index (χ0) is 21.5. The lowest BCUT2D eigenvalue weighted by atomic mass is 10.1. The number of ether oxygens (including phenoxy) is 2. The number of hydrogen-bond donors (Lipinski definition) is 2. The molecule has 0 radical (unpaired) electrons. The van der Waals surface area contributed by atoms with Crippen molar-refractivity contribution in [2.45, 2.75) is 24.3 Å². The predicted molar refractivity (Wildman–Crippen MR) is 117 cm³/mol. The number of hydrogen-bond acceptors (Lipinski definition) is 6. The summed E-state index contributed by atoms with van der Waals surface area (Å²) in [6, 6.07) is 15.0. The Kier molecular flexibility index (Phi) is 7.13. The zero-order valence-electron chi connectivity index (χ0n) is 17.0. The first-order chi connectivity index (χ1) is 14.5. The van der Waals surface area contributed by atoms with Gasteiger partial charge in [-0.15, -0.1) is 0 Å². The molecule has 0 atom stereocenters. The number of thioether (sulfide) groups is 1. The average Bonchev–Trinajstić information content (AvgIpc) is 2.75. The Balaban J connectivity index is 1.67. The average molecular weight is 426 g/mol. The second kappa shape index (κ2) is 9.98. The molecule has 2 N–H and O–H groups in total. The maximum atomic E-state index is 12.5. The molecule has 1 heterocycles. The molecule has 7 nitrogen and oxygen atoms in total. The van der Waals surface area contributed by atoms with Crippen LogP contribution in [0.2, 0.25) is 0 Å². The molecule has 0 bridgehead atoms. The molecule has 3 rings (SSSR count). The number of rotatable bonds is 8. The van der Waals surface area contributed by atoms with Crippen molar-refractivity contribution < 1.29 is 14.3 Å². The number of methoxy groups -OCH3 is 2. The lowest BCUT2D eigenvalue weighted by Gasteiger charge is -2.11. The molecule has 2 aromatic carbocycles. The van der Waals surface area contributed by atoms with Crippen molar-refractivity contribution in [1.82, 2.24) is 9.97 Å². The lowest BCUT2D eigenvalue weighted by Crippen LogP contribution is -2.23. The Morgan fingerprint density at radius 2 is 1.83 bits per heavy atom. The normalized spacial score (nSPS) is 10.5. The van der Waals surface area contributed by atoms with Crippen LogP contribution in [-0.4, -0.2) is 30.1 Å². The molecular weight excluding hydrogens is 402 g/mol. The fraction of sp³-hybridized carbons (Fsp3) is 0.227. The van der Waals surface area contributed by atoms with E-state index in [1.54, 1.807) is 32.2 Å². The summed E-state index contributed by atoms with van der Waals surface area (Å²) in [4.78, 5) is 32.2. The van der Waals surface area contributed by atoms with Crippen LogP contribution in [0.3, 0.4) is 0 Å². The number of aromatic amines is 1. The Morgan fingerprint density at radius 1 is 1.10 bits per heavy atom. The van der Waals surface area contributed by atoms with Crippen LogP contribution < -0.4 is 20.3 Å². The van der Waals surface area contributed by atoms with Crippen LogP contribution in [0.1, 0.15) is 16.8 Å².